The summed E-state index contributed by atoms with van der Waals surface area (Å²) in [5.41, 5.74) is 2.52. The van der Waals surface area contributed by atoms with Crippen LogP contribution >= 0.6 is 0 Å². The van der Waals surface area contributed by atoms with E-state index in [1.54, 1.807) is 30.5 Å². The van der Waals surface area contributed by atoms with Crippen molar-refractivity contribution < 1.29 is 9.90 Å². The summed E-state index contributed by atoms with van der Waals surface area (Å²) in [6, 6.07) is 6.85. The Balaban J connectivity index is 1.67. The Bertz CT molecular complexity index is 1000. The zero-order valence-corrected chi connectivity index (χ0v) is 17.2. The number of nitrogens with one attached hydrogen (secondary N) is 3. The zero-order chi connectivity index (χ0) is 20.6. The first kappa shape index (κ1) is 19.4. The van der Waals surface area contributed by atoms with Gasteiger partial charge in [-0.15, -0.1) is 0 Å². The van der Waals surface area contributed by atoms with Gasteiger partial charge in [0, 0.05) is 23.3 Å². The van der Waals surface area contributed by atoms with E-state index in [1.165, 1.54) is 19.3 Å². The number of aromatic amines is 1. The quantitative estimate of drug-likeness (QED) is 0.483. The Kier molecular flexibility index (Phi) is 4.98. The zero-order valence-electron chi connectivity index (χ0n) is 17.2. The molecule has 2 heterocycles. The molecule has 0 aliphatic heterocycles. The molecule has 0 atom stereocenters. The largest absolute Gasteiger partial charge is 0.508 e. The second-order valence-corrected chi connectivity index (χ2v) is 8.89. The number of nitrogens with zero attached hydrogens (tertiary/aromatic N) is 2. The molecule has 0 bridgehead atoms. The van der Waals surface area contributed by atoms with Crippen molar-refractivity contribution in [2.45, 2.75) is 64.3 Å². The number of carbonyl (C=O) groups is 1. The van der Waals surface area contributed by atoms with Crippen LogP contribution in [0, 0.1) is 0 Å². The van der Waals surface area contributed by atoms with Gasteiger partial charge in [0.2, 0.25) is 0 Å². The molecule has 0 saturated heterocycles. The third-order valence-corrected chi connectivity index (χ3v) is 5.48. The summed E-state index contributed by atoms with van der Waals surface area (Å²) in [5.74, 6) is 0.869. The molecule has 7 nitrogen and oxygen atoms in total. The molecule has 0 spiro atoms. The lowest BCUT2D eigenvalue weighted by atomic mass is 9.91. The molecule has 29 heavy (non-hydrogen) atoms. The van der Waals surface area contributed by atoms with Crippen LogP contribution in [0.5, 0.6) is 5.75 Å². The van der Waals surface area contributed by atoms with Crippen molar-refractivity contribution in [3.63, 3.8) is 0 Å². The molecule has 1 aromatic carbocycles. The third kappa shape index (κ3) is 3.95. The van der Waals surface area contributed by atoms with Gasteiger partial charge in [0.1, 0.15) is 17.1 Å². The van der Waals surface area contributed by atoms with E-state index < -0.39 is 0 Å². The number of anilines is 2. The first-order chi connectivity index (χ1) is 13.8. The Labute approximate surface area is 170 Å². The highest BCUT2D eigenvalue weighted by Crippen LogP contribution is 2.33. The number of rotatable bonds is 4. The number of hydrogen-bond donors (Lipinski definition) is 4. The molecule has 1 amide bonds. The van der Waals surface area contributed by atoms with Gasteiger partial charge >= 0.3 is 0 Å². The first-order valence-electron chi connectivity index (χ1n) is 10.3. The van der Waals surface area contributed by atoms with Gasteiger partial charge in [0.05, 0.1) is 5.69 Å². The van der Waals surface area contributed by atoms with Crippen LogP contribution in [-0.4, -0.2) is 31.7 Å². The molecule has 1 saturated carbocycles. The number of aromatic hydroxyl groups is 1. The van der Waals surface area contributed by atoms with Crippen LogP contribution in [0.2, 0.25) is 0 Å². The monoisotopic (exact) mass is 395 g/mol. The molecule has 2 aromatic heterocycles. The number of carbonyl (C=O) groups excluding carboxylic acids is 1. The molecule has 4 rings (SSSR count). The molecule has 1 aliphatic carbocycles. The van der Waals surface area contributed by atoms with E-state index in [2.05, 4.69) is 36.5 Å². The first-order valence-corrected chi connectivity index (χ1v) is 10.3. The van der Waals surface area contributed by atoms with Gasteiger partial charge in [-0.3, -0.25) is 9.89 Å². The smallest absolute Gasteiger partial charge is 0.261 e. The van der Waals surface area contributed by atoms with E-state index in [1.807, 2.05) is 4.52 Å². The van der Waals surface area contributed by atoms with Crippen molar-refractivity contribution in [1.29, 1.82) is 0 Å². The van der Waals surface area contributed by atoms with E-state index in [0.29, 0.717) is 22.9 Å². The van der Waals surface area contributed by atoms with E-state index >= 15 is 0 Å². The normalized spacial score (nSPS) is 15.6. The topological polar surface area (TPSA) is 94.4 Å². The molecule has 0 unspecified atom stereocenters. The molecule has 4 N–H and O–H groups in total. The van der Waals surface area contributed by atoms with Crippen molar-refractivity contribution in [1.82, 2.24) is 14.6 Å². The van der Waals surface area contributed by atoms with Gasteiger partial charge in [0.25, 0.3) is 5.91 Å². The lowest BCUT2D eigenvalue weighted by Gasteiger charge is -2.26. The fraction of sp³-hybridized carbons (Fsp3) is 0.455. The summed E-state index contributed by atoms with van der Waals surface area (Å²) in [5, 5.41) is 19.2. The highest BCUT2D eigenvalue weighted by molar-refractivity contribution is 6.08. The summed E-state index contributed by atoms with van der Waals surface area (Å²) in [4.78, 5) is 17.7. The predicted molar refractivity (Wildman–Crippen MR) is 115 cm³/mol. The van der Waals surface area contributed by atoms with Gasteiger partial charge in [-0.25, -0.2) is 9.50 Å². The molecule has 3 aromatic rings. The summed E-state index contributed by atoms with van der Waals surface area (Å²) < 4.78 is 1.89. The van der Waals surface area contributed by atoms with E-state index in [9.17, 15) is 9.90 Å². The average Bonchev–Trinajstić information content (AvgIpc) is 3.24. The number of H-pyrrole nitrogens is 1. The maximum atomic E-state index is 12.9. The van der Waals surface area contributed by atoms with E-state index in [4.69, 9.17) is 4.98 Å². The Hall–Kier alpha value is -2.96. The van der Waals surface area contributed by atoms with Gasteiger partial charge in [-0.2, -0.15) is 0 Å². The Morgan fingerprint density at radius 2 is 1.86 bits per heavy atom. The molecule has 0 radical (unpaired) electrons. The number of benzene rings is 1. The summed E-state index contributed by atoms with van der Waals surface area (Å²) >= 11 is 0. The van der Waals surface area contributed by atoms with Crippen LogP contribution in [0.15, 0.2) is 30.5 Å². The number of hydrogen-bond acceptors (Lipinski definition) is 4. The van der Waals surface area contributed by atoms with Gasteiger partial charge in [-0.1, -0.05) is 40.0 Å². The molecular weight excluding hydrogens is 366 g/mol. The Morgan fingerprint density at radius 3 is 2.52 bits per heavy atom. The van der Waals surface area contributed by atoms with Crippen LogP contribution in [-0.2, 0) is 5.41 Å². The third-order valence-electron chi connectivity index (χ3n) is 5.48. The van der Waals surface area contributed by atoms with Crippen LogP contribution < -0.4 is 10.6 Å². The number of phenols is 1. The second kappa shape index (κ2) is 7.46. The molecule has 154 valence electrons. The van der Waals surface area contributed by atoms with Crippen LogP contribution in [0.4, 0.5) is 11.5 Å². The van der Waals surface area contributed by atoms with Crippen LogP contribution in [0.1, 0.15) is 68.9 Å². The minimum absolute atomic E-state index is 0.158. The molecular formula is C22H29N5O2. The van der Waals surface area contributed by atoms with Crippen molar-refractivity contribution in [3.8, 4) is 5.75 Å². The number of aromatic nitrogens is 3. The van der Waals surface area contributed by atoms with Crippen LogP contribution in [0.25, 0.3) is 5.65 Å². The Morgan fingerprint density at radius 1 is 1.17 bits per heavy atom. The summed E-state index contributed by atoms with van der Waals surface area (Å²) in [7, 11) is 0. The summed E-state index contributed by atoms with van der Waals surface area (Å²) in [6.45, 7) is 6.41. The van der Waals surface area contributed by atoms with E-state index in [0.717, 1.165) is 24.4 Å². The fourth-order valence-electron chi connectivity index (χ4n) is 3.93. The van der Waals surface area contributed by atoms with Crippen molar-refractivity contribution in [2.24, 2.45) is 0 Å². The molecule has 1 fully saturated rings. The SMILES string of the molecule is CC(C)(C)c1nc2c(C(=O)Nc3ccc(O)cc3)c[nH]n2c1NC1CCCCC1. The lowest BCUT2D eigenvalue weighted by molar-refractivity contribution is 0.102. The average molecular weight is 396 g/mol. The van der Waals surface area contributed by atoms with Gasteiger partial charge in [0.15, 0.2) is 5.65 Å². The molecule has 1 aliphatic rings. The highest BCUT2D eigenvalue weighted by Gasteiger charge is 2.29. The van der Waals surface area contributed by atoms with Crippen molar-refractivity contribution in [3.05, 3.63) is 41.7 Å². The minimum Gasteiger partial charge on any atom is -0.508 e. The standard InChI is InChI=1S/C22H29N5O2/c1-22(2,3)18-20(24-14-7-5-4-6-8-14)27-19(26-18)17(13-23-27)21(29)25-15-9-11-16(28)12-10-15/h9-14,23-24,28H,4-8H2,1-3H3,(H,25,29). The van der Waals surface area contributed by atoms with Gasteiger partial charge in [-0.05, 0) is 37.1 Å². The number of imidazole rings is 1. The maximum Gasteiger partial charge on any atom is 0.261 e. The summed E-state index contributed by atoms with van der Waals surface area (Å²) in [6.07, 6.45) is 7.80. The molecule has 7 heteroatoms. The van der Waals surface area contributed by atoms with Crippen molar-refractivity contribution in [2.75, 3.05) is 10.6 Å². The predicted octanol–water partition coefficient (Wildman–Crippen LogP) is 4.66. The number of phenolic OH excluding ortho intramolecular Hbond substituents is 1. The number of fused-ring (bicyclic) bond motifs is 1. The lowest BCUT2D eigenvalue weighted by Crippen LogP contribution is -2.25. The second-order valence-electron chi connectivity index (χ2n) is 8.89. The fourth-order valence-corrected chi connectivity index (χ4v) is 3.93. The van der Waals surface area contributed by atoms with Crippen LogP contribution in [0.3, 0.4) is 0 Å². The maximum absolute atomic E-state index is 12.9. The highest BCUT2D eigenvalue weighted by atomic mass is 16.3. The van der Waals surface area contributed by atoms with E-state index in [-0.39, 0.29) is 17.1 Å². The minimum atomic E-state index is -0.239. The number of amides is 1. The van der Waals surface area contributed by atoms with Gasteiger partial charge < -0.3 is 15.7 Å². The van der Waals surface area contributed by atoms with Crippen molar-refractivity contribution >= 4 is 23.1 Å².